The summed E-state index contributed by atoms with van der Waals surface area (Å²) in [4.78, 5) is 12.1. The smallest absolute Gasteiger partial charge is 0.249 e. The highest BCUT2D eigenvalue weighted by Crippen LogP contribution is 2.24. The predicted molar refractivity (Wildman–Crippen MR) is 93.6 cm³/mol. The van der Waals surface area contributed by atoms with Crippen molar-refractivity contribution in [1.29, 1.82) is 0 Å². The van der Waals surface area contributed by atoms with Crippen molar-refractivity contribution in [1.82, 2.24) is 10.3 Å². The van der Waals surface area contributed by atoms with Gasteiger partial charge < -0.3 is 5.32 Å². The van der Waals surface area contributed by atoms with E-state index in [1.165, 1.54) is 6.08 Å². The summed E-state index contributed by atoms with van der Waals surface area (Å²) in [7, 11) is 0. The minimum absolute atomic E-state index is 0.271. The molecule has 0 spiro atoms. The number of carbonyl (C=O) groups is 1. The molecule has 0 atom stereocenters. The normalized spacial score (nSPS) is 10.9. The number of benzene rings is 2. The molecule has 120 valence electrons. The minimum atomic E-state index is -0.348. The molecule has 1 aromatic heterocycles. The zero-order valence-corrected chi connectivity index (χ0v) is 13.6. The Kier molecular flexibility index (Phi) is 4.72. The number of hydrogen-bond acceptors (Lipinski definition) is 4. The maximum absolute atomic E-state index is 12.1. The summed E-state index contributed by atoms with van der Waals surface area (Å²) in [6.07, 6.45) is 3.02. The van der Waals surface area contributed by atoms with Gasteiger partial charge in [0.05, 0.1) is 0 Å². The fourth-order valence-corrected chi connectivity index (χ4v) is 2.30. The molecule has 1 heterocycles. The summed E-state index contributed by atoms with van der Waals surface area (Å²) < 4.78 is 4.75. The lowest BCUT2D eigenvalue weighted by Gasteiger charge is -2.01. The van der Waals surface area contributed by atoms with Gasteiger partial charge in [-0.25, -0.2) is 4.63 Å². The first-order valence-electron chi connectivity index (χ1n) is 7.26. The van der Waals surface area contributed by atoms with Crippen molar-refractivity contribution in [2.45, 2.75) is 6.92 Å². The van der Waals surface area contributed by atoms with E-state index < -0.39 is 0 Å². The summed E-state index contributed by atoms with van der Waals surface area (Å²) in [5.41, 5.74) is 3.18. The van der Waals surface area contributed by atoms with Crippen molar-refractivity contribution >= 4 is 29.4 Å². The molecule has 0 saturated heterocycles. The average molecular weight is 340 g/mol. The van der Waals surface area contributed by atoms with E-state index in [1.807, 2.05) is 49.4 Å². The van der Waals surface area contributed by atoms with Gasteiger partial charge in [-0.15, -0.1) is 0 Å². The van der Waals surface area contributed by atoms with Crippen molar-refractivity contribution < 1.29 is 9.42 Å². The number of halogens is 1. The van der Waals surface area contributed by atoms with Crippen LogP contribution in [0, 0.1) is 6.92 Å². The standard InChI is InChI=1S/C18H14ClN3O2/c1-12-6-8-14(9-7-12)17-18(22-24-21-17)20-16(23)11-10-13-4-2-3-5-15(13)19/h2-11H,1H3,(H,20,22,23)/b11-10+. The molecular weight excluding hydrogens is 326 g/mol. The van der Waals surface area contributed by atoms with E-state index >= 15 is 0 Å². The van der Waals surface area contributed by atoms with Gasteiger partial charge in [0, 0.05) is 16.7 Å². The number of amides is 1. The molecular formula is C18H14ClN3O2. The Morgan fingerprint density at radius 1 is 1.12 bits per heavy atom. The minimum Gasteiger partial charge on any atom is -0.302 e. The van der Waals surface area contributed by atoms with Gasteiger partial charge >= 0.3 is 0 Å². The highest BCUT2D eigenvalue weighted by atomic mass is 35.5. The van der Waals surface area contributed by atoms with Crippen LogP contribution >= 0.6 is 11.6 Å². The molecule has 0 aliphatic rings. The molecule has 0 radical (unpaired) electrons. The molecule has 5 nitrogen and oxygen atoms in total. The number of anilines is 1. The second-order valence-electron chi connectivity index (χ2n) is 5.17. The summed E-state index contributed by atoms with van der Waals surface area (Å²) in [6, 6.07) is 14.9. The van der Waals surface area contributed by atoms with Crippen LogP contribution in [0.4, 0.5) is 5.82 Å². The first-order valence-corrected chi connectivity index (χ1v) is 7.64. The van der Waals surface area contributed by atoms with Gasteiger partial charge in [0.1, 0.15) is 0 Å². The van der Waals surface area contributed by atoms with Crippen LogP contribution in [0.3, 0.4) is 0 Å². The van der Waals surface area contributed by atoms with Crippen LogP contribution in [0.25, 0.3) is 17.3 Å². The molecule has 24 heavy (non-hydrogen) atoms. The SMILES string of the molecule is Cc1ccc(-c2nonc2NC(=O)/C=C/c2ccccc2Cl)cc1. The lowest BCUT2D eigenvalue weighted by molar-refractivity contribution is -0.111. The molecule has 2 aromatic carbocycles. The van der Waals surface area contributed by atoms with Gasteiger partial charge in [-0.1, -0.05) is 59.6 Å². The van der Waals surface area contributed by atoms with Crippen LogP contribution in [0.15, 0.2) is 59.2 Å². The van der Waals surface area contributed by atoms with Gasteiger partial charge in [-0.2, -0.15) is 0 Å². The second-order valence-corrected chi connectivity index (χ2v) is 5.58. The van der Waals surface area contributed by atoms with Gasteiger partial charge in [-0.05, 0) is 34.9 Å². The quantitative estimate of drug-likeness (QED) is 0.717. The molecule has 1 N–H and O–H groups in total. The van der Waals surface area contributed by atoms with Crippen molar-refractivity contribution in [2.75, 3.05) is 5.32 Å². The molecule has 0 fully saturated rings. The first kappa shape index (κ1) is 16.0. The molecule has 3 aromatic rings. The summed E-state index contributed by atoms with van der Waals surface area (Å²) >= 11 is 6.05. The fraction of sp³-hybridized carbons (Fsp3) is 0.0556. The van der Waals surface area contributed by atoms with Crippen LogP contribution in [-0.2, 0) is 4.79 Å². The van der Waals surface area contributed by atoms with E-state index in [9.17, 15) is 4.79 Å². The summed E-state index contributed by atoms with van der Waals surface area (Å²) in [5.74, 6) is -0.0772. The number of nitrogens with one attached hydrogen (secondary N) is 1. The number of nitrogens with zero attached hydrogens (tertiary/aromatic N) is 2. The van der Waals surface area contributed by atoms with E-state index in [-0.39, 0.29) is 11.7 Å². The average Bonchev–Trinajstić information content (AvgIpc) is 3.03. The zero-order valence-electron chi connectivity index (χ0n) is 12.9. The van der Waals surface area contributed by atoms with E-state index in [0.717, 1.165) is 16.7 Å². The number of hydrogen-bond donors (Lipinski definition) is 1. The third-order valence-electron chi connectivity index (χ3n) is 3.37. The lowest BCUT2D eigenvalue weighted by Crippen LogP contribution is -2.09. The van der Waals surface area contributed by atoms with Crippen LogP contribution in [0.2, 0.25) is 5.02 Å². The Labute approximate surface area is 143 Å². The number of carbonyl (C=O) groups excluding carboxylic acids is 1. The molecule has 0 bridgehead atoms. The highest BCUT2D eigenvalue weighted by Gasteiger charge is 2.13. The third-order valence-corrected chi connectivity index (χ3v) is 3.72. The molecule has 6 heteroatoms. The molecule has 0 saturated carbocycles. The topological polar surface area (TPSA) is 68.0 Å². The molecule has 0 unspecified atom stereocenters. The summed E-state index contributed by atoms with van der Waals surface area (Å²) in [5, 5.41) is 10.8. The lowest BCUT2D eigenvalue weighted by atomic mass is 10.1. The predicted octanol–water partition coefficient (Wildman–Crippen LogP) is 4.35. The second kappa shape index (κ2) is 7.10. The largest absolute Gasteiger partial charge is 0.302 e. The Morgan fingerprint density at radius 2 is 1.88 bits per heavy atom. The van der Waals surface area contributed by atoms with Gasteiger partial charge in [0.15, 0.2) is 5.69 Å². The van der Waals surface area contributed by atoms with Crippen molar-refractivity contribution in [3.8, 4) is 11.3 Å². The zero-order chi connectivity index (χ0) is 16.9. The maximum atomic E-state index is 12.1. The van der Waals surface area contributed by atoms with E-state index in [2.05, 4.69) is 15.6 Å². The van der Waals surface area contributed by atoms with Gasteiger partial charge in [0.2, 0.25) is 11.7 Å². The maximum Gasteiger partial charge on any atom is 0.249 e. The Balaban J connectivity index is 1.75. The van der Waals surface area contributed by atoms with Gasteiger partial charge in [0.25, 0.3) is 0 Å². The van der Waals surface area contributed by atoms with E-state index in [1.54, 1.807) is 12.1 Å². The third kappa shape index (κ3) is 3.70. The van der Waals surface area contributed by atoms with E-state index in [0.29, 0.717) is 10.7 Å². The van der Waals surface area contributed by atoms with Crippen LogP contribution in [-0.4, -0.2) is 16.2 Å². The number of rotatable bonds is 4. The fourth-order valence-electron chi connectivity index (χ4n) is 2.11. The Morgan fingerprint density at radius 3 is 2.62 bits per heavy atom. The number of aromatic nitrogens is 2. The van der Waals surface area contributed by atoms with E-state index in [4.69, 9.17) is 16.2 Å². The Hall–Kier alpha value is -2.92. The molecule has 0 aliphatic heterocycles. The summed E-state index contributed by atoms with van der Waals surface area (Å²) in [6.45, 7) is 1.99. The molecule has 1 amide bonds. The van der Waals surface area contributed by atoms with Crippen LogP contribution < -0.4 is 5.32 Å². The van der Waals surface area contributed by atoms with Gasteiger partial charge in [-0.3, -0.25) is 4.79 Å². The van der Waals surface area contributed by atoms with Crippen molar-refractivity contribution in [2.24, 2.45) is 0 Å². The van der Waals surface area contributed by atoms with Crippen molar-refractivity contribution in [3.63, 3.8) is 0 Å². The molecule has 0 aliphatic carbocycles. The molecule has 3 rings (SSSR count). The Bertz CT molecular complexity index is 885. The monoisotopic (exact) mass is 339 g/mol. The first-order chi connectivity index (χ1) is 11.6. The van der Waals surface area contributed by atoms with Crippen LogP contribution in [0.1, 0.15) is 11.1 Å². The highest BCUT2D eigenvalue weighted by molar-refractivity contribution is 6.32. The van der Waals surface area contributed by atoms with Crippen molar-refractivity contribution in [3.05, 3.63) is 70.8 Å². The van der Waals surface area contributed by atoms with Crippen LogP contribution in [0.5, 0.6) is 0 Å². The number of aryl methyl sites for hydroxylation is 1.